The van der Waals surface area contributed by atoms with Crippen LogP contribution in [-0.4, -0.2) is 46.7 Å². The summed E-state index contributed by atoms with van der Waals surface area (Å²) in [7, 11) is 0. The number of imide groups is 1. The number of rotatable bonds is 8. The molecule has 0 spiro atoms. The molecule has 1 heterocycles. The second-order valence-electron chi connectivity index (χ2n) is 7.69. The Morgan fingerprint density at radius 3 is 2.59 bits per heavy atom. The highest BCUT2D eigenvalue weighted by molar-refractivity contribution is 6.31. The third-order valence-corrected chi connectivity index (χ3v) is 5.24. The fraction of sp³-hybridized carbons (Fsp3) is 0.600. The second-order valence-corrected chi connectivity index (χ2v) is 8.09. The Kier molecular flexibility index (Phi) is 6.76. The summed E-state index contributed by atoms with van der Waals surface area (Å²) in [6.45, 7) is 9.49. The van der Waals surface area contributed by atoms with Gasteiger partial charge in [0.25, 0.3) is 5.91 Å². The van der Waals surface area contributed by atoms with Gasteiger partial charge in [-0.05, 0) is 49.4 Å². The first-order valence-electron chi connectivity index (χ1n) is 9.34. The normalized spacial score (nSPS) is 21.0. The predicted octanol–water partition coefficient (Wildman–Crippen LogP) is 3.62. The van der Waals surface area contributed by atoms with E-state index < -0.39 is 17.7 Å². The van der Waals surface area contributed by atoms with E-state index in [9.17, 15) is 14.7 Å². The van der Waals surface area contributed by atoms with Crippen molar-refractivity contribution in [2.24, 2.45) is 0 Å². The zero-order chi connectivity index (χ0) is 20.4. The Labute approximate surface area is 165 Å². The lowest BCUT2D eigenvalue weighted by Gasteiger charge is -2.22. The summed E-state index contributed by atoms with van der Waals surface area (Å²) in [6.07, 6.45) is 0.345. The molecule has 150 valence electrons. The van der Waals surface area contributed by atoms with Crippen molar-refractivity contribution in [2.75, 3.05) is 13.2 Å². The number of β-amino-alcohol motifs (C(OH)–C–C–N with tert-alkyl or cyclic N) is 1. The third kappa shape index (κ3) is 4.74. The van der Waals surface area contributed by atoms with Crippen LogP contribution in [0.2, 0.25) is 5.02 Å². The minimum absolute atomic E-state index is 0.0255. The molecule has 1 aliphatic rings. The van der Waals surface area contributed by atoms with E-state index in [0.29, 0.717) is 17.2 Å². The summed E-state index contributed by atoms with van der Waals surface area (Å²) >= 11 is 6.20. The Hall–Kier alpha value is -1.79. The number of aryl methyl sites for hydroxylation is 1. The number of hydrogen-bond donors (Lipinski definition) is 2. The lowest BCUT2D eigenvalue weighted by molar-refractivity contribution is -0.132. The molecule has 0 radical (unpaired) electrons. The van der Waals surface area contributed by atoms with E-state index in [2.05, 4.69) is 5.32 Å². The first-order valence-corrected chi connectivity index (χ1v) is 9.71. The van der Waals surface area contributed by atoms with Gasteiger partial charge in [0.1, 0.15) is 24.0 Å². The zero-order valence-electron chi connectivity index (χ0n) is 16.6. The number of benzene rings is 1. The molecule has 7 heteroatoms. The number of carbonyl (C=O) groups is 2. The molecule has 2 N–H and O–H groups in total. The number of nitrogens with zero attached hydrogens (tertiary/aromatic N) is 1. The van der Waals surface area contributed by atoms with Crippen molar-refractivity contribution in [2.45, 2.75) is 65.0 Å². The number of aliphatic hydroxyl groups is 1. The van der Waals surface area contributed by atoms with Crippen LogP contribution in [0, 0.1) is 6.92 Å². The van der Waals surface area contributed by atoms with E-state index in [1.165, 1.54) is 0 Å². The molecular weight excluding hydrogens is 368 g/mol. The van der Waals surface area contributed by atoms with E-state index in [1.54, 1.807) is 6.92 Å². The molecule has 2 atom stereocenters. The minimum atomic E-state index is -0.986. The molecular formula is C20H29ClN2O4. The molecule has 3 amide bonds. The molecule has 2 unspecified atom stereocenters. The number of ether oxygens (including phenoxy) is 1. The summed E-state index contributed by atoms with van der Waals surface area (Å²) in [6, 6.07) is 3.24. The Morgan fingerprint density at radius 2 is 2.00 bits per heavy atom. The summed E-state index contributed by atoms with van der Waals surface area (Å²) < 4.78 is 5.80. The maximum atomic E-state index is 12.5. The number of nitrogens with one attached hydrogen (secondary N) is 1. The highest BCUT2D eigenvalue weighted by Gasteiger charge is 2.47. The average molecular weight is 397 g/mol. The van der Waals surface area contributed by atoms with Gasteiger partial charge in [0.05, 0.1) is 6.54 Å². The van der Waals surface area contributed by atoms with Crippen LogP contribution in [0.5, 0.6) is 5.75 Å². The van der Waals surface area contributed by atoms with Crippen LogP contribution >= 0.6 is 11.6 Å². The van der Waals surface area contributed by atoms with Crippen LogP contribution in [-0.2, 0) is 4.79 Å². The number of urea groups is 1. The van der Waals surface area contributed by atoms with Crippen molar-refractivity contribution >= 4 is 23.5 Å². The SMILES string of the molecule is CCCC1(C)NC(=O)N(CC(O)COc2cc(C)c(Cl)cc2C(C)C)C1=O. The number of hydrogen-bond acceptors (Lipinski definition) is 4. The molecule has 1 aliphatic heterocycles. The number of halogens is 1. The first-order chi connectivity index (χ1) is 12.6. The van der Waals surface area contributed by atoms with Gasteiger partial charge in [-0.2, -0.15) is 0 Å². The molecule has 0 aromatic heterocycles. The quantitative estimate of drug-likeness (QED) is 0.658. The number of carbonyl (C=O) groups excluding carboxylic acids is 2. The standard InChI is InChI=1S/C20H29ClN2O4/c1-6-7-20(5)18(25)23(19(26)22-20)10-14(24)11-27-17-8-13(4)16(21)9-15(17)12(2)3/h8-9,12,14,24H,6-7,10-11H2,1-5H3,(H,22,26). The molecule has 2 rings (SSSR count). The number of aliphatic hydroxyl groups excluding tert-OH is 1. The molecule has 1 fully saturated rings. The van der Waals surface area contributed by atoms with Crippen molar-refractivity contribution < 1.29 is 19.4 Å². The van der Waals surface area contributed by atoms with Crippen molar-refractivity contribution in [1.29, 1.82) is 0 Å². The number of amides is 3. The second kappa shape index (κ2) is 8.48. The van der Waals surface area contributed by atoms with Gasteiger partial charge in [-0.25, -0.2) is 4.79 Å². The largest absolute Gasteiger partial charge is 0.491 e. The van der Waals surface area contributed by atoms with Crippen LogP contribution in [0.25, 0.3) is 0 Å². The predicted molar refractivity (Wildman–Crippen MR) is 105 cm³/mol. The molecule has 1 aromatic rings. The summed E-state index contributed by atoms with van der Waals surface area (Å²) in [5.74, 6) is 0.550. The van der Waals surface area contributed by atoms with Crippen LogP contribution < -0.4 is 10.1 Å². The van der Waals surface area contributed by atoms with E-state index in [1.807, 2.05) is 39.8 Å². The minimum Gasteiger partial charge on any atom is -0.491 e. The van der Waals surface area contributed by atoms with Gasteiger partial charge in [-0.3, -0.25) is 9.69 Å². The van der Waals surface area contributed by atoms with Crippen molar-refractivity contribution in [3.63, 3.8) is 0 Å². The molecule has 1 aromatic carbocycles. The van der Waals surface area contributed by atoms with Gasteiger partial charge in [-0.15, -0.1) is 0 Å². The van der Waals surface area contributed by atoms with Gasteiger partial charge >= 0.3 is 6.03 Å². The molecule has 1 saturated heterocycles. The van der Waals surface area contributed by atoms with Gasteiger partial charge in [0, 0.05) is 5.02 Å². The smallest absolute Gasteiger partial charge is 0.325 e. The summed E-state index contributed by atoms with van der Waals surface area (Å²) in [4.78, 5) is 25.7. The van der Waals surface area contributed by atoms with Crippen molar-refractivity contribution in [3.8, 4) is 5.75 Å². The van der Waals surface area contributed by atoms with Crippen molar-refractivity contribution in [1.82, 2.24) is 10.2 Å². The fourth-order valence-corrected chi connectivity index (χ4v) is 3.45. The lowest BCUT2D eigenvalue weighted by Crippen LogP contribution is -2.44. The highest BCUT2D eigenvalue weighted by Crippen LogP contribution is 2.32. The highest BCUT2D eigenvalue weighted by atomic mass is 35.5. The molecule has 0 aliphatic carbocycles. The topological polar surface area (TPSA) is 78.9 Å². The van der Waals surface area contributed by atoms with Gasteiger partial charge in [0.15, 0.2) is 0 Å². The van der Waals surface area contributed by atoms with Crippen LogP contribution in [0.1, 0.15) is 57.6 Å². The van der Waals surface area contributed by atoms with Crippen LogP contribution in [0.15, 0.2) is 12.1 Å². The van der Waals surface area contributed by atoms with E-state index in [0.717, 1.165) is 22.4 Å². The lowest BCUT2D eigenvalue weighted by atomic mass is 9.96. The van der Waals surface area contributed by atoms with Crippen LogP contribution in [0.4, 0.5) is 4.79 Å². The Morgan fingerprint density at radius 1 is 1.33 bits per heavy atom. The maximum Gasteiger partial charge on any atom is 0.325 e. The molecule has 0 bridgehead atoms. The maximum absolute atomic E-state index is 12.5. The molecule has 27 heavy (non-hydrogen) atoms. The summed E-state index contributed by atoms with van der Waals surface area (Å²) in [5, 5.41) is 13.7. The van der Waals surface area contributed by atoms with Crippen molar-refractivity contribution in [3.05, 3.63) is 28.3 Å². The molecule has 0 saturated carbocycles. The van der Waals surface area contributed by atoms with Gasteiger partial charge in [0.2, 0.25) is 0 Å². The van der Waals surface area contributed by atoms with Gasteiger partial charge < -0.3 is 15.2 Å². The fourth-order valence-electron chi connectivity index (χ4n) is 3.28. The van der Waals surface area contributed by atoms with E-state index >= 15 is 0 Å². The zero-order valence-corrected chi connectivity index (χ0v) is 17.4. The molecule has 6 nitrogen and oxygen atoms in total. The Balaban J connectivity index is 2.03. The third-order valence-electron chi connectivity index (χ3n) is 4.83. The average Bonchev–Trinajstić information content (AvgIpc) is 2.78. The Bertz CT molecular complexity index is 722. The van der Waals surface area contributed by atoms with E-state index in [-0.39, 0.29) is 25.0 Å². The summed E-state index contributed by atoms with van der Waals surface area (Å²) in [5.41, 5.74) is 0.933. The van der Waals surface area contributed by atoms with Gasteiger partial charge in [-0.1, -0.05) is 38.8 Å². The van der Waals surface area contributed by atoms with Crippen LogP contribution in [0.3, 0.4) is 0 Å². The van der Waals surface area contributed by atoms with E-state index in [4.69, 9.17) is 16.3 Å². The monoisotopic (exact) mass is 396 g/mol. The first kappa shape index (κ1) is 21.5.